The quantitative estimate of drug-likeness (QED) is 0.427. The number of nitrogen functional groups attached to an aromatic ring is 1. The number of hydrogen-bond acceptors (Lipinski definition) is 7. The van der Waals surface area contributed by atoms with E-state index >= 15 is 0 Å². The summed E-state index contributed by atoms with van der Waals surface area (Å²) in [4.78, 5) is 20.7. The number of piperazine rings is 1. The average molecular weight is 412 g/mol. The van der Waals surface area contributed by atoms with Crippen molar-refractivity contribution in [3.8, 4) is 5.75 Å². The van der Waals surface area contributed by atoms with E-state index in [1.54, 1.807) is 6.20 Å². The number of carbonyl (C=O) groups is 1. The molecule has 160 valence electrons. The van der Waals surface area contributed by atoms with Gasteiger partial charge in [0, 0.05) is 43.6 Å². The van der Waals surface area contributed by atoms with Crippen LogP contribution in [0.1, 0.15) is 26.3 Å². The normalized spacial score (nSPS) is 14.4. The summed E-state index contributed by atoms with van der Waals surface area (Å²) < 4.78 is 10.8. The number of ether oxygens (including phenoxy) is 2. The number of rotatable bonds is 6. The van der Waals surface area contributed by atoms with Gasteiger partial charge in [0.1, 0.15) is 23.0 Å². The predicted octanol–water partition coefficient (Wildman–Crippen LogP) is 2.41. The lowest BCUT2D eigenvalue weighted by atomic mass is 10.2. The Kier molecular flexibility index (Phi) is 6.44. The topological polar surface area (TPSA) is 105 Å². The standard InChI is InChI=1S/C22H29N5O3/c1-22(2,3)30-20(28)15-29-18-7-5-17(6-8-18)26-10-12-27(13-11-26)19-9-4-16(14-25-19)21(23)24/h4-9,14H,10-13,15H2,1-3H3,(H3,23,24). The van der Waals surface area contributed by atoms with Crippen LogP contribution in [0, 0.1) is 5.41 Å². The molecule has 2 aromatic rings. The van der Waals surface area contributed by atoms with Crippen molar-refractivity contribution in [2.24, 2.45) is 5.73 Å². The smallest absolute Gasteiger partial charge is 0.344 e. The van der Waals surface area contributed by atoms with E-state index in [9.17, 15) is 4.79 Å². The minimum Gasteiger partial charge on any atom is -0.482 e. The van der Waals surface area contributed by atoms with Crippen LogP contribution in [0.5, 0.6) is 5.75 Å². The van der Waals surface area contributed by atoms with E-state index in [0.717, 1.165) is 37.7 Å². The predicted molar refractivity (Wildman–Crippen MR) is 117 cm³/mol. The van der Waals surface area contributed by atoms with Crippen LogP contribution in [0.4, 0.5) is 11.5 Å². The minimum atomic E-state index is -0.516. The lowest BCUT2D eigenvalue weighted by Gasteiger charge is -2.36. The highest BCUT2D eigenvalue weighted by molar-refractivity contribution is 5.94. The van der Waals surface area contributed by atoms with E-state index in [0.29, 0.717) is 11.3 Å². The van der Waals surface area contributed by atoms with Gasteiger partial charge >= 0.3 is 5.97 Å². The molecule has 0 aliphatic carbocycles. The van der Waals surface area contributed by atoms with Crippen LogP contribution >= 0.6 is 0 Å². The monoisotopic (exact) mass is 411 g/mol. The van der Waals surface area contributed by atoms with E-state index < -0.39 is 5.60 Å². The fourth-order valence-electron chi connectivity index (χ4n) is 3.19. The zero-order valence-corrected chi connectivity index (χ0v) is 17.7. The minimum absolute atomic E-state index is 0.0254. The molecule has 1 aliphatic heterocycles. The second-order valence-corrected chi connectivity index (χ2v) is 8.16. The Labute approximate surface area is 177 Å². The highest BCUT2D eigenvalue weighted by Crippen LogP contribution is 2.22. The van der Waals surface area contributed by atoms with Crippen molar-refractivity contribution in [3.63, 3.8) is 0 Å². The summed E-state index contributed by atoms with van der Waals surface area (Å²) in [5.74, 6) is 1.17. The molecule has 0 saturated carbocycles. The molecule has 0 atom stereocenters. The molecule has 8 nitrogen and oxygen atoms in total. The maximum atomic E-state index is 11.8. The largest absolute Gasteiger partial charge is 0.482 e. The number of nitrogens with zero attached hydrogens (tertiary/aromatic N) is 3. The Balaban J connectivity index is 1.50. The third-order valence-corrected chi connectivity index (χ3v) is 4.64. The number of carbonyl (C=O) groups excluding carboxylic acids is 1. The summed E-state index contributed by atoms with van der Waals surface area (Å²) >= 11 is 0. The average Bonchev–Trinajstić information content (AvgIpc) is 2.72. The van der Waals surface area contributed by atoms with Crippen LogP contribution in [-0.2, 0) is 9.53 Å². The molecule has 30 heavy (non-hydrogen) atoms. The molecule has 3 N–H and O–H groups in total. The molecule has 1 saturated heterocycles. The molecular weight excluding hydrogens is 382 g/mol. The van der Waals surface area contributed by atoms with Crippen LogP contribution in [0.25, 0.3) is 0 Å². The Hall–Kier alpha value is -3.29. The Morgan fingerprint density at radius 2 is 1.70 bits per heavy atom. The van der Waals surface area contributed by atoms with Crippen molar-refractivity contribution < 1.29 is 14.3 Å². The second-order valence-electron chi connectivity index (χ2n) is 8.16. The number of esters is 1. The number of anilines is 2. The first-order chi connectivity index (χ1) is 14.2. The fraction of sp³-hybridized carbons (Fsp3) is 0.409. The maximum Gasteiger partial charge on any atom is 0.344 e. The van der Waals surface area contributed by atoms with Gasteiger partial charge in [0.15, 0.2) is 6.61 Å². The van der Waals surface area contributed by atoms with Gasteiger partial charge in [-0.2, -0.15) is 0 Å². The first-order valence-corrected chi connectivity index (χ1v) is 9.96. The van der Waals surface area contributed by atoms with Crippen molar-refractivity contribution in [3.05, 3.63) is 48.2 Å². The highest BCUT2D eigenvalue weighted by atomic mass is 16.6. The number of aromatic nitrogens is 1. The molecule has 0 amide bonds. The number of nitrogens with one attached hydrogen (secondary N) is 1. The highest BCUT2D eigenvalue weighted by Gasteiger charge is 2.19. The molecule has 1 fully saturated rings. The first-order valence-electron chi connectivity index (χ1n) is 9.96. The van der Waals surface area contributed by atoms with Gasteiger partial charge in [-0.15, -0.1) is 0 Å². The van der Waals surface area contributed by atoms with E-state index in [1.807, 2.05) is 57.2 Å². The Bertz CT molecular complexity index is 867. The van der Waals surface area contributed by atoms with Gasteiger partial charge in [-0.1, -0.05) is 0 Å². The maximum absolute atomic E-state index is 11.8. The zero-order valence-electron chi connectivity index (χ0n) is 17.7. The van der Waals surface area contributed by atoms with Crippen LogP contribution in [0.2, 0.25) is 0 Å². The van der Waals surface area contributed by atoms with Crippen molar-refractivity contribution in [1.82, 2.24) is 4.98 Å². The van der Waals surface area contributed by atoms with Gasteiger partial charge in [-0.3, -0.25) is 5.41 Å². The van der Waals surface area contributed by atoms with E-state index in [4.69, 9.17) is 20.6 Å². The van der Waals surface area contributed by atoms with E-state index in [-0.39, 0.29) is 18.4 Å². The summed E-state index contributed by atoms with van der Waals surface area (Å²) in [6, 6.07) is 11.5. The molecule has 0 bridgehead atoms. The van der Waals surface area contributed by atoms with Gasteiger partial charge in [0.25, 0.3) is 0 Å². The Morgan fingerprint density at radius 3 is 2.23 bits per heavy atom. The molecule has 1 aromatic heterocycles. The molecule has 0 radical (unpaired) electrons. The summed E-state index contributed by atoms with van der Waals surface area (Å²) in [5.41, 5.74) is 6.71. The molecule has 1 aliphatic rings. The molecule has 0 unspecified atom stereocenters. The number of hydrogen-bond donors (Lipinski definition) is 2. The van der Waals surface area contributed by atoms with Crippen LogP contribution in [0.3, 0.4) is 0 Å². The molecule has 3 rings (SSSR count). The van der Waals surface area contributed by atoms with Crippen LogP contribution < -0.4 is 20.3 Å². The Morgan fingerprint density at radius 1 is 1.07 bits per heavy atom. The van der Waals surface area contributed by atoms with Crippen molar-refractivity contribution in [2.75, 3.05) is 42.6 Å². The summed E-state index contributed by atoms with van der Waals surface area (Å²) in [5, 5.41) is 7.45. The number of benzene rings is 1. The molecule has 1 aromatic carbocycles. The SMILES string of the molecule is CC(C)(C)OC(=O)COc1ccc(N2CCN(c3ccc(C(=N)N)cn3)CC2)cc1. The molecular formula is C22H29N5O3. The number of amidine groups is 1. The number of pyridine rings is 1. The van der Waals surface area contributed by atoms with Crippen LogP contribution in [-0.4, -0.2) is 55.2 Å². The third kappa shape index (κ3) is 5.85. The van der Waals surface area contributed by atoms with E-state index in [1.165, 1.54) is 0 Å². The van der Waals surface area contributed by atoms with Gasteiger partial charge in [0.2, 0.25) is 0 Å². The third-order valence-electron chi connectivity index (χ3n) is 4.64. The van der Waals surface area contributed by atoms with Crippen LogP contribution in [0.15, 0.2) is 42.6 Å². The van der Waals surface area contributed by atoms with Gasteiger partial charge in [0.05, 0.1) is 0 Å². The van der Waals surface area contributed by atoms with E-state index in [2.05, 4.69) is 14.8 Å². The lowest BCUT2D eigenvalue weighted by molar-refractivity contribution is -0.157. The summed E-state index contributed by atoms with van der Waals surface area (Å²) in [6.45, 7) is 8.82. The molecule has 8 heteroatoms. The zero-order chi connectivity index (χ0) is 21.7. The summed E-state index contributed by atoms with van der Waals surface area (Å²) in [7, 11) is 0. The van der Waals surface area contributed by atoms with Crippen molar-refractivity contribution >= 4 is 23.3 Å². The first kappa shape index (κ1) is 21.4. The van der Waals surface area contributed by atoms with Crippen molar-refractivity contribution in [2.45, 2.75) is 26.4 Å². The summed E-state index contributed by atoms with van der Waals surface area (Å²) in [6.07, 6.45) is 1.64. The van der Waals surface area contributed by atoms with Gasteiger partial charge in [-0.25, -0.2) is 9.78 Å². The van der Waals surface area contributed by atoms with Gasteiger partial charge < -0.3 is 25.0 Å². The number of nitrogens with two attached hydrogens (primary N) is 1. The second kappa shape index (κ2) is 9.02. The molecule has 0 spiro atoms. The van der Waals surface area contributed by atoms with Gasteiger partial charge in [-0.05, 0) is 57.2 Å². The molecule has 2 heterocycles. The lowest BCUT2D eigenvalue weighted by Crippen LogP contribution is -2.46. The van der Waals surface area contributed by atoms with Crippen molar-refractivity contribution in [1.29, 1.82) is 5.41 Å². The fourth-order valence-corrected chi connectivity index (χ4v) is 3.19.